The van der Waals surface area contributed by atoms with Gasteiger partial charge in [0.2, 0.25) is 5.91 Å². The van der Waals surface area contributed by atoms with Crippen LogP contribution >= 0.6 is 0 Å². The molecule has 4 nitrogen and oxygen atoms in total. The minimum atomic E-state index is -0.198. The molecule has 0 rings (SSSR count). The molecular weight excluding hydrogens is 542 g/mol. The molecule has 0 aromatic heterocycles. The average Bonchev–Trinajstić information content (AvgIpc) is 3.02. The predicted octanol–water partition coefficient (Wildman–Crippen LogP) is 11.6. The van der Waals surface area contributed by atoms with E-state index in [0.717, 1.165) is 19.3 Å². The van der Waals surface area contributed by atoms with Crippen molar-refractivity contribution in [2.45, 2.75) is 155 Å². The zero-order valence-corrected chi connectivity index (χ0v) is 28.6. The molecule has 0 heterocycles. The fourth-order valence-corrected chi connectivity index (χ4v) is 4.81. The predicted molar refractivity (Wildman–Crippen MR) is 192 cm³/mol. The van der Waals surface area contributed by atoms with Crippen molar-refractivity contribution in [1.82, 2.24) is 5.32 Å². The average molecular weight is 610 g/mol. The van der Waals surface area contributed by atoms with E-state index in [9.17, 15) is 9.59 Å². The summed E-state index contributed by atoms with van der Waals surface area (Å²) < 4.78 is 5.23. The Labute approximate surface area is 272 Å². The Morgan fingerprint density at radius 3 is 1.41 bits per heavy atom. The Kier molecular flexibility index (Phi) is 34.4. The summed E-state index contributed by atoms with van der Waals surface area (Å²) in [6.07, 6.45) is 50.9. The molecule has 250 valence electrons. The maximum Gasteiger partial charge on any atom is 0.305 e. The van der Waals surface area contributed by atoms with Gasteiger partial charge >= 0.3 is 5.97 Å². The Hall–Kier alpha value is -2.62. The first-order valence-corrected chi connectivity index (χ1v) is 18.1. The molecule has 0 aromatic carbocycles. The lowest BCUT2D eigenvalue weighted by atomic mass is 10.0. The maximum absolute atomic E-state index is 11.9. The second-order valence-electron chi connectivity index (χ2n) is 11.7. The van der Waals surface area contributed by atoms with Gasteiger partial charge in [0, 0.05) is 12.5 Å². The summed E-state index contributed by atoms with van der Waals surface area (Å²) in [6, 6.07) is 0. The summed E-state index contributed by atoms with van der Waals surface area (Å²) in [5.41, 5.74) is 0. The second kappa shape index (κ2) is 36.6. The topological polar surface area (TPSA) is 55.4 Å². The lowest BCUT2D eigenvalue weighted by molar-refractivity contribution is -0.144. The molecule has 0 aromatic rings. The molecule has 0 aliphatic rings. The van der Waals surface area contributed by atoms with Crippen LogP contribution in [0.1, 0.15) is 155 Å². The van der Waals surface area contributed by atoms with Gasteiger partial charge in [-0.3, -0.25) is 9.59 Å². The number of esters is 1. The summed E-state index contributed by atoms with van der Waals surface area (Å²) in [5.74, 6) is -0.372. The van der Waals surface area contributed by atoms with E-state index >= 15 is 0 Å². The first-order chi connectivity index (χ1) is 21.7. The Morgan fingerprint density at radius 2 is 0.909 bits per heavy atom. The molecule has 4 heteroatoms. The van der Waals surface area contributed by atoms with Crippen molar-refractivity contribution in [3.05, 3.63) is 72.9 Å². The monoisotopic (exact) mass is 610 g/mol. The minimum Gasteiger partial charge on any atom is -0.464 e. The van der Waals surface area contributed by atoms with E-state index in [0.29, 0.717) is 13.0 Å². The molecule has 0 saturated carbocycles. The smallest absolute Gasteiger partial charge is 0.305 e. The van der Waals surface area contributed by atoms with Crippen LogP contribution in [0.4, 0.5) is 0 Å². The molecule has 44 heavy (non-hydrogen) atoms. The van der Waals surface area contributed by atoms with Crippen molar-refractivity contribution >= 4 is 11.9 Å². The minimum absolute atomic E-state index is 0.174. The van der Waals surface area contributed by atoms with E-state index in [-0.39, 0.29) is 18.5 Å². The highest BCUT2D eigenvalue weighted by molar-refractivity contribution is 5.87. The molecule has 0 aliphatic heterocycles. The van der Waals surface area contributed by atoms with Crippen molar-refractivity contribution in [3.8, 4) is 0 Å². The van der Waals surface area contributed by atoms with Crippen LogP contribution in [-0.4, -0.2) is 25.0 Å². The number of nitrogens with one attached hydrogen (secondary N) is 1. The molecule has 0 spiro atoms. The second-order valence-corrected chi connectivity index (χ2v) is 11.7. The van der Waals surface area contributed by atoms with Gasteiger partial charge in [0.15, 0.2) is 0 Å². The van der Waals surface area contributed by atoms with Crippen LogP contribution < -0.4 is 5.32 Å². The van der Waals surface area contributed by atoms with E-state index in [1.165, 1.54) is 122 Å². The van der Waals surface area contributed by atoms with E-state index in [1.807, 2.05) is 42.5 Å². The van der Waals surface area contributed by atoms with Gasteiger partial charge in [-0.05, 0) is 19.3 Å². The van der Waals surface area contributed by atoms with Gasteiger partial charge in [-0.1, -0.05) is 196 Å². The van der Waals surface area contributed by atoms with Crippen LogP contribution in [0.5, 0.6) is 0 Å². The van der Waals surface area contributed by atoms with E-state index in [1.54, 1.807) is 6.08 Å². The van der Waals surface area contributed by atoms with Crippen LogP contribution in [0.15, 0.2) is 72.9 Å². The highest BCUT2D eigenvalue weighted by Crippen LogP contribution is 2.13. The van der Waals surface area contributed by atoms with Crippen LogP contribution in [0.2, 0.25) is 0 Å². The van der Waals surface area contributed by atoms with Crippen LogP contribution in [0, 0.1) is 0 Å². The normalized spacial score (nSPS) is 12.3. The zero-order valence-electron chi connectivity index (χ0n) is 28.6. The summed E-state index contributed by atoms with van der Waals surface area (Å²) in [7, 11) is 0. The van der Waals surface area contributed by atoms with Crippen molar-refractivity contribution in [3.63, 3.8) is 0 Å². The molecule has 1 N–H and O–H groups in total. The summed E-state index contributed by atoms with van der Waals surface area (Å²) in [4.78, 5) is 23.7. The molecule has 0 fully saturated rings. The third-order valence-electron chi connectivity index (χ3n) is 7.51. The van der Waals surface area contributed by atoms with Gasteiger partial charge in [0.1, 0.15) is 6.61 Å². The fraction of sp³-hybridized carbons (Fsp3) is 0.650. The first-order valence-electron chi connectivity index (χ1n) is 18.1. The number of amides is 1. The van der Waals surface area contributed by atoms with Crippen molar-refractivity contribution in [1.29, 1.82) is 0 Å². The van der Waals surface area contributed by atoms with Crippen LogP contribution in [0.3, 0.4) is 0 Å². The quantitative estimate of drug-likeness (QED) is 0.0368. The molecule has 0 aliphatic carbocycles. The first kappa shape index (κ1) is 41.4. The van der Waals surface area contributed by atoms with E-state index in [2.05, 4.69) is 37.4 Å². The van der Waals surface area contributed by atoms with Gasteiger partial charge in [0.05, 0.1) is 6.54 Å². The van der Waals surface area contributed by atoms with Gasteiger partial charge in [0.25, 0.3) is 0 Å². The lowest BCUT2D eigenvalue weighted by Crippen LogP contribution is -2.26. The molecule has 0 unspecified atom stereocenters. The van der Waals surface area contributed by atoms with Crippen LogP contribution in [-0.2, 0) is 14.3 Å². The number of ether oxygens (including phenoxy) is 1. The molecular formula is C40H67NO3. The Morgan fingerprint density at radius 1 is 0.500 bits per heavy atom. The summed E-state index contributed by atoms with van der Waals surface area (Å²) >= 11 is 0. The molecule has 1 amide bonds. The molecule has 0 saturated heterocycles. The highest BCUT2D eigenvalue weighted by atomic mass is 16.5. The Bertz CT molecular complexity index is 818. The van der Waals surface area contributed by atoms with E-state index < -0.39 is 0 Å². The number of rotatable bonds is 31. The molecule has 0 radical (unpaired) electrons. The third kappa shape index (κ3) is 35.6. The standard InChI is InChI=1S/C40H67NO3/c1-3-5-7-9-11-13-15-17-18-19-20-21-22-24-25-27-29-31-33-35-39(42)41-37-38-44-40(43)36-34-32-30-28-26-23-16-14-12-10-8-6-4-2/h18-22,24-25,27,29,31,33,35H,3-17,23,26,28,30,32,34,36-38H2,1-2H3,(H,41,42). The van der Waals surface area contributed by atoms with Crippen molar-refractivity contribution < 1.29 is 14.3 Å². The van der Waals surface area contributed by atoms with Gasteiger partial charge in [-0.2, -0.15) is 0 Å². The summed E-state index contributed by atoms with van der Waals surface area (Å²) in [6.45, 7) is 5.06. The molecule has 0 atom stereocenters. The van der Waals surface area contributed by atoms with Gasteiger partial charge < -0.3 is 10.1 Å². The number of allylic oxidation sites excluding steroid dienone is 11. The van der Waals surface area contributed by atoms with Crippen molar-refractivity contribution in [2.24, 2.45) is 0 Å². The van der Waals surface area contributed by atoms with Crippen LogP contribution in [0.25, 0.3) is 0 Å². The summed E-state index contributed by atoms with van der Waals surface area (Å²) in [5, 5.41) is 2.74. The SMILES string of the molecule is CCCCCCCCCC=CC=CC=CC=CC=CC=CC(=O)NCCOC(=O)CCCCCCCCCCCCCCC. The zero-order chi connectivity index (χ0) is 32.0. The van der Waals surface area contributed by atoms with Gasteiger partial charge in [-0.25, -0.2) is 0 Å². The number of carbonyl (C=O) groups is 2. The molecule has 0 bridgehead atoms. The maximum atomic E-state index is 11.9. The van der Waals surface area contributed by atoms with E-state index in [4.69, 9.17) is 4.74 Å². The lowest BCUT2D eigenvalue weighted by Gasteiger charge is -2.06. The number of hydrogen-bond acceptors (Lipinski definition) is 3. The number of hydrogen-bond donors (Lipinski definition) is 1. The largest absolute Gasteiger partial charge is 0.464 e. The Balaban J connectivity index is 3.61. The highest BCUT2D eigenvalue weighted by Gasteiger charge is 2.03. The number of unbranched alkanes of at least 4 members (excludes halogenated alkanes) is 19. The fourth-order valence-electron chi connectivity index (χ4n) is 4.81. The van der Waals surface area contributed by atoms with Crippen molar-refractivity contribution in [2.75, 3.05) is 13.2 Å². The number of carbonyl (C=O) groups excluding carboxylic acids is 2. The van der Waals surface area contributed by atoms with Gasteiger partial charge in [-0.15, -0.1) is 0 Å². The third-order valence-corrected chi connectivity index (χ3v) is 7.51.